The van der Waals surface area contributed by atoms with Gasteiger partial charge in [0, 0.05) is 16.2 Å². The van der Waals surface area contributed by atoms with Crippen LogP contribution in [-0.4, -0.2) is 10.2 Å². The van der Waals surface area contributed by atoms with E-state index in [0.29, 0.717) is 22.3 Å². The number of hydrogen-bond donors (Lipinski definition) is 2. The van der Waals surface area contributed by atoms with Crippen LogP contribution in [0.1, 0.15) is 33.4 Å². The fourth-order valence-electron chi connectivity index (χ4n) is 8.97. The van der Waals surface area contributed by atoms with Crippen LogP contribution in [0.2, 0.25) is 0 Å². The first-order valence-electron chi connectivity index (χ1n) is 18.0. The predicted molar refractivity (Wildman–Crippen MR) is 215 cm³/mol. The topological polar surface area (TPSA) is 53.6 Å². The molecule has 1 heterocycles. The van der Waals surface area contributed by atoms with E-state index in [0.717, 1.165) is 76.5 Å². The van der Waals surface area contributed by atoms with E-state index in [1.54, 1.807) is 0 Å². The lowest BCUT2D eigenvalue weighted by atomic mass is 9.63. The van der Waals surface area contributed by atoms with E-state index < -0.39 is 11.2 Å². The third-order valence-corrected chi connectivity index (χ3v) is 11.5. The summed E-state index contributed by atoms with van der Waals surface area (Å²) in [5, 5.41) is 35.4. The molecular weight excluding hydrogens is 649 g/mol. The van der Waals surface area contributed by atoms with Crippen molar-refractivity contribution in [2.45, 2.75) is 11.2 Å². The Morgan fingerprint density at radius 2 is 0.868 bits per heavy atom. The van der Waals surface area contributed by atoms with Gasteiger partial charge in [-0.25, -0.2) is 0 Å². The molecule has 0 saturated carbocycles. The highest BCUT2D eigenvalue weighted by atomic mass is 16.3. The largest absolute Gasteiger partial charge is 0.455 e. The minimum atomic E-state index is -1.59. The zero-order valence-electron chi connectivity index (χ0n) is 28.6. The van der Waals surface area contributed by atoms with Crippen LogP contribution in [0.4, 0.5) is 0 Å². The Balaban J connectivity index is 1.24. The van der Waals surface area contributed by atoms with Gasteiger partial charge in [-0.15, -0.1) is 0 Å². The zero-order valence-corrected chi connectivity index (χ0v) is 28.6. The van der Waals surface area contributed by atoms with Crippen LogP contribution in [0.25, 0.3) is 65.4 Å². The van der Waals surface area contributed by atoms with Crippen molar-refractivity contribution in [2.24, 2.45) is 0 Å². The molecule has 0 fully saturated rings. The summed E-state index contributed by atoms with van der Waals surface area (Å²) in [4.78, 5) is 0. The molecule has 9 aromatic carbocycles. The second-order valence-electron chi connectivity index (χ2n) is 14.3. The first-order valence-corrected chi connectivity index (χ1v) is 18.0. The Labute approximate surface area is 305 Å². The lowest BCUT2D eigenvalue weighted by Gasteiger charge is -2.45. The first-order chi connectivity index (χ1) is 26.0. The lowest BCUT2D eigenvalue weighted by molar-refractivity contribution is 0.0750. The molecule has 2 atom stereocenters. The minimum Gasteiger partial charge on any atom is -0.455 e. The number of furan rings is 1. The summed E-state index contributed by atoms with van der Waals surface area (Å²) in [5.74, 6) is 0. The van der Waals surface area contributed by atoms with Crippen LogP contribution in [0, 0.1) is 0 Å². The molecule has 0 radical (unpaired) electrons. The van der Waals surface area contributed by atoms with Crippen molar-refractivity contribution in [2.75, 3.05) is 0 Å². The van der Waals surface area contributed by atoms with Gasteiger partial charge in [-0.3, -0.25) is 0 Å². The molecule has 1 aliphatic carbocycles. The Kier molecular flexibility index (Phi) is 6.25. The Hall–Kier alpha value is -6.52. The monoisotopic (exact) mass is 680 g/mol. The molecule has 0 aliphatic heterocycles. The van der Waals surface area contributed by atoms with Crippen molar-refractivity contribution in [3.05, 3.63) is 215 Å². The van der Waals surface area contributed by atoms with Gasteiger partial charge in [0.15, 0.2) is 0 Å². The van der Waals surface area contributed by atoms with Gasteiger partial charge in [0.1, 0.15) is 22.4 Å². The number of aliphatic hydroxyl groups is 2. The standard InChI is InChI=1S/C50H32O3/c51-49(36-24-21-31-11-1-3-13-33(31)27-36)43-18-8-9-19-44(43)50(52,37-25-22-32-12-2-4-14-34(32)28-37)46-29-35(23-26-45(46)49)41-30-42-39-16-7-10-20-47(39)53-48(42)40-17-6-5-15-38(40)41/h1-30,51-52H. The second-order valence-corrected chi connectivity index (χ2v) is 14.3. The average molecular weight is 681 g/mol. The van der Waals surface area contributed by atoms with Crippen molar-refractivity contribution in [3.8, 4) is 11.1 Å². The number of fused-ring (bicyclic) bond motifs is 9. The molecule has 250 valence electrons. The van der Waals surface area contributed by atoms with Crippen molar-refractivity contribution in [1.29, 1.82) is 0 Å². The van der Waals surface area contributed by atoms with Gasteiger partial charge in [-0.2, -0.15) is 0 Å². The molecule has 11 rings (SSSR count). The van der Waals surface area contributed by atoms with Crippen LogP contribution in [0.5, 0.6) is 0 Å². The fourth-order valence-corrected chi connectivity index (χ4v) is 8.97. The van der Waals surface area contributed by atoms with Gasteiger partial charge in [0.2, 0.25) is 0 Å². The minimum absolute atomic E-state index is 0.640. The molecular formula is C50H32O3. The number of benzene rings is 9. The quantitative estimate of drug-likeness (QED) is 0.195. The molecule has 10 aromatic rings. The van der Waals surface area contributed by atoms with Crippen LogP contribution in [0.15, 0.2) is 186 Å². The van der Waals surface area contributed by atoms with Gasteiger partial charge in [-0.1, -0.05) is 152 Å². The van der Waals surface area contributed by atoms with Crippen molar-refractivity contribution in [1.82, 2.24) is 0 Å². The fraction of sp³-hybridized carbons (Fsp3) is 0.0400. The summed E-state index contributed by atoms with van der Waals surface area (Å²) in [6.45, 7) is 0. The molecule has 0 amide bonds. The third-order valence-electron chi connectivity index (χ3n) is 11.5. The number of hydrogen-bond acceptors (Lipinski definition) is 3. The Bertz CT molecular complexity index is 3120. The predicted octanol–water partition coefficient (Wildman–Crippen LogP) is 11.6. The van der Waals surface area contributed by atoms with E-state index in [2.05, 4.69) is 91.0 Å². The van der Waals surface area contributed by atoms with Crippen LogP contribution < -0.4 is 0 Å². The van der Waals surface area contributed by atoms with Crippen LogP contribution >= 0.6 is 0 Å². The number of para-hydroxylation sites is 1. The highest BCUT2D eigenvalue weighted by Crippen LogP contribution is 2.54. The molecule has 1 aliphatic rings. The summed E-state index contributed by atoms with van der Waals surface area (Å²) in [7, 11) is 0. The summed E-state index contributed by atoms with van der Waals surface area (Å²) in [6, 6.07) is 61.5. The van der Waals surface area contributed by atoms with E-state index >= 15 is 0 Å². The Morgan fingerprint density at radius 1 is 0.358 bits per heavy atom. The molecule has 0 spiro atoms. The van der Waals surface area contributed by atoms with E-state index in [9.17, 15) is 10.2 Å². The molecule has 0 bridgehead atoms. The van der Waals surface area contributed by atoms with Crippen molar-refractivity contribution < 1.29 is 14.6 Å². The molecule has 2 N–H and O–H groups in total. The summed E-state index contributed by atoms with van der Waals surface area (Å²) in [5.41, 5.74) is 4.60. The van der Waals surface area contributed by atoms with Gasteiger partial charge < -0.3 is 14.6 Å². The van der Waals surface area contributed by atoms with E-state index in [1.165, 1.54) is 0 Å². The summed E-state index contributed by atoms with van der Waals surface area (Å²) < 4.78 is 6.45. The van der Waals surface area contributed by atoms with Crippen LogP contribution in [0.3, 0.4) is 0 Å². The molecule has 0 saturated heterocycles. The highest BCUT2D eigenvalue weighted by Gasteiger charge is 2.51. The first kappa shape index (κ1) is 30.1. The zero-order chi connectivity index (χ0) is 35.3. The summed E-state index contributed by atoms with van der Waals surface area (Å²) in [6.07, 6.45) is 0. The average Bonchev–Trinajstić information content (AvgIpc) is 3.61. The van der Waals surface area contributed by atoms with Gasteiger partial charge in [-0.05, 0) is 102 Å². The normalized spacial score (nSPS) is 18.2. The summed E-state index contributed by atoms with van der Waals surface area (Å²) >= 11 is 0. The maximum atomic E-state index is 13.6. The molecule has 2 unspecified atom stereocenters. The van der Waals surface area contributed by atoms with Crippen LogP contribution in [-0.2, 0) is 11.2 Å². The molecule has 3 nitrogen and oxygen atoms in total. The smallest absolute Gasteiger partial charge is 0.143 e. The van der Waals surface area contributed by atoms with E-state index in [1.807, 2.05) is 91.0 Å². The molecule has 3 heteroatoms. The molecule has 1 aromatic heterocycles. The van der Waals surface area contributed by atoms with Crippen molar-refractivity contribution in [3.63, 3.8) is 0 Å². The molecule has 53 heavy (non-hydrogen) atoms. The van der Waals surface area contributed by atoms with Crippen molar-refractivity contribution >= 4 is 54.3 Å². The Morgan fingerprint density at radius 3 is 1.53 bits per heavy atom. The third kappa shape index (κ3) is 4.18. The maximum absolute atomic E-state index is 13.6. The van der Waals surface area contributed by atoms with Gasteiger partial charge in [0.25, 0.3) is 0 Å². The second kappa shape index (κ2) is 11.0. The highest BCUT2D eigenvalue weighted by molar-refractivity contribution is 6.19. The van der Waals surface area contributed by atoms with Gasteiger partial charge in [0.05, 0.1) is 0 Å². The van der Waals surface area contributed by atoms with Gasteiger partial charge >= 0.3 is 0 Å². The lowest BCUT2D eigenvalue weighted by Crippen LogP contribution is -2.44. The van der Waals surface area contributed by atoms with E-state index in [4.69, 9.17) is 4.42 Å². The maximum Gasteiger partial charge on any atom is 0.143 e. The van der Waals surface area contributed by atoms with E-state index in [-0.39, 0.29) is 0 Å². The SMILES string of the molecule is OC1(c2ccc3ccccc3c2)c2ccccc2C(O)(c2ccc3ccccc3c2)c2cc(-c3cc4c5ccccc5oc4c4ccccc34)ccc21. The number of rotatable bonds is 3.